The summed E-state index contributed by atoms with van der Waals surface area (Å²) in [6.07, 6.45) is 0. The third kappa shape index (κ3) is 3.58. The number of carbonyl (C=O) groups excluding carboxylic acids is 1. The average Bonchev–Trinajstić information content (AvgIpc) is 2.72. The van der Waals surface area contributed by atoms with Gasteiger partial charge in [-0.2, -0.15) is 0 Å². The van der Waals surface area contributed by atoms with Gasteiger partial charge < -0.3 is 9.88 Å². The highest BCUT2D eigenvalue weighted by molar-refractivity contribution is 6.06. The number of benzene rings is 3. The van der Waals surface area contributed by atoms with Crippen LogP contribution in [0.3, 0.4) is 0 Å². The molecule has 28 heavy (non-hydrogen) atoms. The maximum Gasteiger partial charge on any atom is 0.258 e. The van der Waals surface area contributed by atoms with E-state index in [-0.39, 0.29) is 11.5 Å². The molecule has 0 spiro atoms. The summed E-state index contributed by atoms with van der Waals surface area (Å²) in [5, 5.41) is 0.931. The third-order valence-electron chi connectivity index (χ3n) is 4.74. The topological polar surface area (TPSA) is 53.2 Å². The molecule has 0 atom stereocenters. The molecule has 1 heterocycles. The van der Waals surface area contributed by atoms with Crippen molar-refractivity contribution in [2.45, 2.75) is 13.5 Å². The fraction of sp³-hybridized carbons (Fsp3) is 0.0833. The van der Waals surface area contributed by atoms with E-state index >= 15 is 0 Å². The largest absolute Gasteiger partial charge is 0.322 e. The molecular formula is C24H20N2O2. The van der Waals surface area contributed by atoms with Crippen molar-refractivity contribution in [1.29, 1.82) is 0 Å². The number of hydrogen-bond acceptors (Lipinski definition) is 2. The van der Waals surface area contributed by atoms with Crippen molar-refractivity contribution in [2.75, 3.05) is 4.90 Å². The first-order valence-corrected chi connectivity index (χ1v) is 9.16. The maximum absolute atomic E-state index is 13.3. The lowest BCUT2D eigenvalue weighted by Crippen LogP contribution is -2.31. The van der Waals surface area contributed by atoms with Crippen LogP contribution in [-0.2, 0) is 6.54 Å². The number of nitrogens with zero attached hydrogens (tertiary/aromatic N) is 1. The molecule has 0 saturated heterocycles. The highest BCUT2D eigenvalue weighted by Gasteiger charge is 2.19. The predicted octanol–water partition coefficient (Wildman–Crippen LogP) is 4.68. The van der Waals surface area contributed by atoms with E-state index in [0.717, 1.165) is 27.7 Å². The van der Waals surface area contributed by atoms with Crippen molar-refractivity contribution in [3.05, 3.63) is 112 Å². The van der Waals surface area contributed by atoms with Gasteiger partial charge in [0.1, 0.15) is 0 Å². The number of aryl methyl sites for hydroxylation is 1. The smallest absolute Gasteiger partial charge is 0.258 e. The maximum atomic E-state index is 13.3. The minimum absolute atomic E-state index is 0.101. The molecule has 0 bridgehead atoms. The van der Waals surface area contributed by atoms with Gasteiger partial charge in [-0.25, -0.2) is 0 Å². The molecule has 0 aliphatic carbocycles. The third-order valence-corrected chi connectivity index (χ3v) is 4.74. The highest BCUT2D eigenvalue weighted by atomic mass is 16.2. The Morgan fingerprint density at radius 2 is 1.64 bits per heavy atom. The monoisotopic (exact) mass is 368 g/mol. The Morgan fingerprint density at radius 1 is 0.893 bits per heavy atom. The molecule has 1 aromatic heterocycles. The standard InChI is InChI=1S/C24H20N2O2/c1-17-8-7-11-20(14-17)26(24(28)18-9-3-2-4-10-18)16-19-15-23(27)25-22-13-6-5-12-21(19)22/h2-15H,16H2,1H3,(H,25,27). The van der Waals surface area contributed by atoms with Crippen LogP contribution >= 0.6 is 0 Å². The molecule has 1 amide bonds. The lowest BCUT2D eigenvalue weighted by atomic mass is 10.1. The first kappa shape index (κ1) is 17.7. The molecule has 4 heteroatoms. The number of rotatable bonds is 4. The van der Waals surface area contributed by atoms with Crippen molar-refractivity contribution >= 4 is 22.5 Å². The van der Waals surface area contributed by atoms with E-state index in [4.69, 9.17) is 0 Å². The van der Waals surface area contributed by atoms with Crippen LogP contribution in [0, 0.1) is 6.92 Å². The summed E-state index contributed by atoms with van der Waals surface area (Å²) in [6, 6.07) is 26.3. The number of H-pyrrole nitrogens is 1. The number of nitrogens with one attached hydrogen (secondary N) is 1. The van der Waals surface area contributed by atoms with Gasteiger partial charge in [0.05, 0.1) is 6.54 Å². The Bertz CT molecular complexity index is 1200. The quantitative estimate of drug-likeness (QED) is 0.568. The normalized spacial score (nSPS) is 10.8. The van der Waals surface area contributed by atoms with Crippen LogP contribution in [0.4, 0.5) is 5.69 Å². The van der Waals surface area contributed by atoms with Crippen LogP contribution in [0.2, 0.25) is 0 Å². The van der Waals surface area contributed by atoms with Gasteiger partial charge in [0, 0.05) is 28.2 Å². The van der Waals surface area contributed by atoms with E-state index in [2.05, 4.69) is 4.98 Å². The van der Waals surface area contributed by atoms with Crippen LogP contribution in [0.1, 0.15) is 21.5 Å². The summed E-state index contributed by atoms with van der Waals surface area (Å²) in [4.78, 5) is 30.1. The molecule has 3 aromatic carbocycles. The second-order valence-corrected chi connectivity index (χ2v) is 6.80. The van der Waals surface area contributed by atoms with Gasteiger partial charge in [-0.1, -0.05) is 48.5 Å². The van der Waals surface area contributed by atoms with Gasteiger partial charge in [-0.3, -0.25) is 9.59 Å². The Morgan fingerprint density at radius 3 is 2.43 bits per heavy atom. The van der Waals surface area contributed by atoms with Crippen molar-refractivity contribution in [3.63, 3.8) is 0 Å². The fourth-order valence-electron chi connectivity index (χ4n) is 3.39. The van der Waals surface area contributed by atoms with Gasteiger partial charge in [0.2, 0.25) is 5.56 Å². The summed E-state index contributed by atoms with van der Waals surface area (Å²) in [5.74, 6) is -0.101. The number of carbonyl (C=O) groups is 1. The SMILES string of the molecule is Cc1cccc(N(Cc2cc(=O)[nH]c3ccccc23)C(=O)c2ccccc2)c1. The number of anilines is 1. The number of pyridine rings is 1. The molecule has 0 unspecified atom stereocenters. The van der Waals surface area contributed by atoms with E-state index in [0.29, 0.717) is 12.1 Å². The zero-order chi connectivity index (χ0) is 19.5. The van der Waals surface area contributed by atoms with Gasteiger partial charge in [0.15, 0.2) is 0 Å². The van der Waals surface area contributed by atoms with E-state index in [1.165, 1.54) is 0 Å². The minimum Gasteiger partial charge on any atom is -0.322 e. The van der Waals surface area contributed by atoms with Crippen LogP contribution in [0.15, 0.2) is 89.7 Å². The minimum atomic E-state index is -0.176. The molecule has 0 fully saturated rings. The molecule has 0 saturated carbocycles. The van der Waals surface area contributed by atoms with Gasteiger partial charge in [-0.05, 0) is 48.4 Å². The summed E-state index contributed by atoms with van der Waals surface area (Å²) in [6.45, 7) is 2.30. The molecule has 1 N–H and O–H groups in total. The Balaban J connectivity index is 1.83. The first-order valence-electron chi connectivity index (χ1n) is 9.16. The molecule has 0 radical (unpaired) electrons. The van der Waals surface area contributed by atoms with E-state index in [1.54, 1.807) is 23.1 Å². The second-order valence-electron chi connectivity index (χ2n) is 6.80. The zero-order valence-electron chi connectivity index (χ0n) is 15.6. The van der Waals surface area contributed by atoms with E-state index in [1.807, 2.05) is 73.7 Å². The zero-order valence-corrected chi connectivity index (χ0v) is 15.6. The number of aromatic amines is 1. The number of hydrogen-bond donors (Lipinski definition) is 1. The van der Waals surface area contributed by atoms with E-state index < -0.39 is 0 Å². The van der Waals surface area contributed by atoms with Crippen molar-refractivity contribution in [1.82, 2.24) is 4.98 Å². The van der Waals surface area contributed by atoms with Crippen LogP contribution in [0.25, 0.3) is 10.9 Å². The summed E-state index contributed by atoms with van der Waals surface area (Å²) < 4.78 is 0. The van der Waals surface area contributed by atoms with Gasteiger partial charge >= 0.3 is 0 Å². The second kappa shape index (κ2) is 7.53. The predicted molar refractivity (Wildman–Crippen MR) is 113 cm³/mol. The molecule has 0 aliphatic rings. The number of amides is 1. The first-order chi connectivity index (χ1) is 13.6. The summed E-state index contributed by atoms with van der Waals surface area (Å²) in [7, 11) is 0. The van der Waals surface area contributed by atoms with Crippen molar-refractivity contribution in [3.8, 4) is 0 Å². The fourth-order valence-corrected chi connectivity index (χ4v) is 3.39. The van der Waals surface area contributed by atoms with Crippen molar-refractivity contribution < 1.29 is 4.79 Å². The Kier molecular flexibility index (Phi) is 4.77. The number of fused-ring (bicyclic) bond motifs is 1. The Labute approximate surface area is 163 Å². The van der Waals surface area contributed by atoms with Crippen LogP contribution in [-0.4, -0.2) is 10.9 Å². The molecule has 138 valence electrons. The molecular weight excluding hydrogens is 348 g/mol. The van der Waals surface area contributed by atoms with Gasteiger partial charge in [0.25, 0.3) is 5.91 Å². The lowest BCUT2D eigenvalue weighted by Gasteiger charge is -2.24. The average molecular weight is 368 g/mol. The molecule has 0 aliphatic heterocycles. The molecule has 4 nitrogen and oxygen atoms in total. The number of aromatic nitrogens is 1. The van der Waals surface area contributed by atoms with Crippen molar-refractivity contribution in [2.24, 2.45) is 0 Å². The van der Waals surface area contributed by atoms with Crippen LogP contribution in [0.5, 0.6) is 0 Å². The van der Waals surface area contributed by atoms with Gasteiger partial charge in [-0.15, -0.1) is 0 Å². The van der Waals surface area contributed by atoms with Crippen LogP contribution < -0.4 is 10.5 Å². The lowest BCUT2D eigenvalue weighted by molar-refractivity contribution is 0.0985. The van der Waals surface area contributed by atoms with E-state index in [9.17, 15) is 9.59 Å². The highest BCUT2D eigenvalue weighted by Crippen LogP contribution is 2.24. The Hall–Kier alpha value is -3.66. The molecule has 4 aromatic rings. The summed E-state index contributed by atoms with van der Waals surface area (Å²) in [5.41, 5.74) is 3.88. The molecule has 4 rings (SSSR count). The number of para-hydroxylation sites is 1. The summed E-state index contributed by atoms with van der Waals surface area (Å²) >= 11 is 0.